The van der Waals surface area contributed by atoms with Gasteiger partial charge in [0.15, 0.2) is 11.5 Å². The molecule has 150 valence electrons. The van der Waals surface area contributed by atoms with Gasteiger partial charge < -0.3 is 14.8 Å². The number of rotatable bonds is 6. The van der Waals surface area contributed by atoms with Crippen molar-refractivity contribution < 1.29 is 19.1 Å². The minimum atomic E-state index is -0.303. The average molecular weight is 429 g/mol. The predicted molar refractivity (Wildman–Crippen MR) is 119 cm³/mol. The third-order valence-corrected chi connectivity index (χ3v) is 5.68. The molecule has 0 unspecified atom stereocenters. The van der Waals surface area contributed by atoms with Crippen LogP contribution in [0.1, 0.15) is 11.1 Å². The Bertz CT molecular complexity index is 1000. The Hall–Kier alpha value is -2.84. The normalized spacial score (nSPS) is 15.0. The summed E-state index contributed by atoms with van der Waals surface area (Å²) in [6, 6.07) is 12.8. The standard InChI is InChI=1S/C21H20N2O4S2/c1-13-6-4-5-7-15(13)22-19(24)12-23-20(25)18(29-21(23)28)11-14-8-9-16(26-2)17(10-14)27-3/h4-11H,12H2,1-3H3,(H,22,24)/b18-11-. The molecule has 0 aliphatic carbocycles. The average Bonchev–Trinajstić information content (AvgIpc) is 2.97. The van der Waals surface area contributed by atoms with Crippen LogP contribution in [0.3, 0.4) is 0 Å². The zero-order valence-corrected chi connectivity index (χ0v) is 17.9. The van der Waals surface area contributed by atoms with E-state index in [9.17, 15) is 9.59 Å². The number of thioether (sulfide) groups is 1. The molecule has 2 aromatic rings. The lowest BCUT2D eigenvalue weighted by atomic mass is 10.2. The lowest BCUT2D eigenvalue weighted by molar-refractivity contribution is -0.126. The molecule has 0 bridgehead atoms. The van der Waals surface area contributed by atoms with Crippen molar-refractivity contribution in [1.29, 1.82) is 0 Å². The van der Waals surface area contributed by atoms with Crippen LogP contribution in [0.25, 0.3) is 6.08 Å². The van der Waals surface area contributed by atoms with Crippen LogP contribution in [0.2, 0.25) is 0 Å². The van der Waals surface area contributed by atoms with Gasteiger partial charge in [0.2, 0.25) is 5.91 Å². The van der Waals surface area contributed by atoms with Crippen LogP contribution in [0.5, 0.6) is 11.5 Å². The van der Waals surface area contributed by atoms with Gasteiger partial charge >= 0.3 is 0 Å². The number of anilines is 1. The molecule has 1 aliphatic rings. The zero-order valence-electron chi connectivity index (χ0n) is 16.2. The first-order valence-corrected chi connectivity index (χ1v) is 9.98. The van der Waals surface area contributed by atoms with E-state index in [1.165, 1.54) is 16.7 Å². The first-order chi connectivity index (χ1) is 13.9. The monoisotopic (exact) mass is 428 g/mol. The molecule has 1 heterocycles. The summed E-state index contributed by atoms with van der Waals surface area (Å²) in [5.41, 5.74) is 2.43. The van der Waals surface area contributed by atoms with Crippen molar-refractivity contribution in [3.05, 3.63) is 58.5 Å². The maximum atomic E-state index is 12.8. The van der Waals surface area contributed by atoms with Gasteiger partial charge in [0.05, 0.1) is 19.1 Å². The summed E-state index contributed by atoms with van der Waals surface area (Å²) >= 11 is 6.48. The van der Waals surface area contributed by atoms with E-state index in [4.69, 9.17) is 21.7 Å². The van der Waals surface area contributed by atoms with Gasteiger partial charge in [0.1, 0.15) is 10.9 Å². The molecular weight excluding hydrogens is 408 g/mol. The Balaban J connectivity index is 1.73. The zero-order chi connectivity index (χ0) is 21.0. The van der Waals surface area contributed by atoms with Gasteiger partial charge in [0, 0.05) is 5.69 Å². The second-order valence-electron chi connectivity index (χ2n) is 6.25. The van der Waals surface area contributed by atoms with Crippen LogP contribution in [0.15, 0.2) is 47.4 Å². The van der Waals surface area contributed by atoms with Gasteiger partial charge in [-0.25, -0.2) is 0 Å². The van der Waals surface area contributed by atoms with Gasteiger partial charge in [-0.1, -0.05) is 48.2 Å². The van der Waals surface area contributed by atoms with Crippen LogP contribution in [0, 0.1) is 6.92 Å². The van der Waals surface area contributed by atoms with Crippen molar-refractivity contribution in [2.75, 3.05) is 26.1 Å². The fourth-order valence-electron chi connectivity index (χ4n) is 2.78. The number of para-hydroxylation sites is 1. The number of carbonyl (C=O) groups excluding carboxylic acids is 2. The quantitative estimate of drug-likeness (QED) is 0.557. The van der Waals surface area contributed by atoms with Crippen LogP contribution in [0.4, 0.5) is 5.69 Å². The van der Waals surface area contributed by atoms with Gasteiger partial charge in [0.25, 0.3) is 5.91 Å². The number of amides is 2. The Kier molecular flexibility index (Phi) is 6.56. The van der Waals surface area contributed by atoms with E-state index in [-0.39, 0.29) is 18.4 Å². The second kappa shape index (κ2) is 9.11. The van der Waals surface area contributed by atoms with Gasteiger partial charge in [-0.05, 0) is 42.3 Å². The van der Waals surface area contributed by atoms with Crippen molar-refractivity contribution in [3.8, 4) is 11.5 Å². The number of aryl methyl sites for hydroxylation is 1. The Morgan fingerprint density at radius 3 is 2.59 bits per heavy atom. The number of ether oxygens (including phenoxy) is 2. The molecule has 29 heavy (non-hydrogen) atoms. The number of methoxy groups -OCH3 is 2. The third-order valence-electron chi connectivity index (χ3n) is 4.30. The van der Waals surface area contributed by atoms with Crippen molar-refractivity contribution in [2.45, 2.75) is 6.92 Å². The van der Waals surface area contributed by atoms with Gasteiger partial charge in [-0.3, -0.25) is 14.5 Å². The van der Waals surface area contributed by atoms with E-state index in [1.54, 1.807) is 32.4 Å². The SMILES string of the molecule is COc1ccc(/C=C2\SC(=S)N(CC(=O)Nc3ccccc3C)C2=O)cc1OC. The first kappa shape index (κ1) is 20.9. The molecular formula is C21H20N2O4S2. The molecule has 0 aromatic heterocycles. The topological polar surface area (TPSA) is 67.9 Å². The van der Waals surface area contributed by atoms with Crippen molar-refractivity contribution >= 4 is 51.9 Å². The number of nitrogens with one attached hydrogen (secondary N) is 1. The number of hydrogen-bond acceptors (Lipinski definition) is 6. The van der Waals surface area contributed by atoms with Crippen molar-refractivity contribution in [2.24, 2.45) is 0 Å². The first-order valence-electron chi connectivity index (χ1n) is 8.76. The molecule has 1 fully saturated rings. The summed E-state index contributed by atoms with van der Waals surface area (Å²) in [6.07, 6.45) is 1.72. The highest BCUT2D eigenvalue weighted by Crippen LogP contribution is 2.34. The van der Waals surface area contributed by atoms with Crippen LogP contribution in [-0.2, 0) is 9.59 Å². The lowest BCUT2D eigenvalue weighted by Gasteiger charge is -2.15. The third kappa shape index (κ3) is 4.78. The smallest absolute Gasteiger partial charge is 0.266 e. The predicted octanol–water partition coefficient (Wildman–Crippen LogP) is 3.85. The minimum Gasteiger partial charge on any atom is -0.493 e. The largest absolute Gasteiger partial charge is 0.493 e. The molecule has 6 nitrogen and oxygen atoms in total. The summed E-state index contributed by atoms with van der Waals surface area (Å²) < 4.78 is 10.9. The molecule has 2 amide bonds. The molecule has 8 heteroatoms. The molecule has 0 saturated carbocycles. The minimum absolute atomic E-state index is 0.137. The van der Waals surface area contributed by atoms with E-state index >= 15 is 0 Å². The molecule has 2 aromatic carbocycles. The van der Waals surface area contributed by atoms with E-state index in [0.717, 1.165) is 11.1 Å². The molecule has 0 spiro atoms. The van der Waals surface area contributed by atoms with Crippen molar-refractivity contribution in [3.63, 3.8) is 0 Å². The van der Waals surface area contributed by atoms with Gasteiger partial charge in [-0.15, -0.1) is 0 Å². The molecule has 3 rings (SSSR count). The Labute approximate surface area is 178 Å². The maximum Gasteiger partial charge on any atom is 0.266 e. The lowest BCUT2D eigenvalue weighted by Crippen LogP contribution is -2.36. The van der Waals surface area contributed by atoms with Crippen LogP contribution in [-0.4, -0.2) is 41.8 Å². The Morgan fingerprint density at radius 1 is 1.17 bits per heavy atom. The number of hydrogen-bond donors (Lipinski definition) is 1. The summed E-state index contributed by atoms with van der Waals surface area (Å²) in [4.78, 5) is 26.9. The summed E-state index contributed by atoms with van der Waals surface area (Å²) in [5.74, 6) is 0.567. The maximum absolute atomic E-state index is 12.8. The summed E-state index contributed by atoms with van der Waals surface area (Å²) in [6.45, 7) is 1.77. The molecule has 0 radical (unpaired) electrons. The Morgan fingerprint density at radius 2 is 1.90 bits per heavy atom. The van der Waals surface area contributed by atoms with E-state index in [0.29, 0.717) is 26.4 Å². The summed E-state index contributed by atoms with van der Waals surface area (Å²) in [7, 11) is 3.11. The molecule has 1 aliphatic heterocycles. The number of thiocarbonyl (C=S) groups is 1. The van der Waals surface area contributed by atoms with E-state index in [2.05, 4.69) is 5.32 Å². The van der Waals surface area contributed by atoms with Crippen LogP contribution >= 0.6 is 24.0 Å². The molecule has 0 atom stereocenters. The number of benzene rings is 2. The second-order valence-corrected chi connectivity index (χ2v) is 7.92. The molecule has 1 saturated heterocycles. The fourth-order valence-corrected chi connectivity index (χ4v) is 4.03. The fraction of sp³-hybridized carbons (Fsp3) is 0.190. The number of nitrogens with zero attached hydrogens (tertiary/aromatic N) is 1. The van der Waals surface area contributed by atoms with E-state index < -0.39 is 0 Å². The van der Waals surface area contributed by atoms with Crippen LogP contribution < -0.4 is 14.8 Å². The van der Waals surface area contributed by atoms with Gasteiger partial charge in [-0.2, -0.15) is 0 Å². The van der Waals surface area contributed by atoms with Crippen molar-refractivity contribution in [1.82, 2.24) is 4.90 Å². The summed E-state index contributed by atoms with van der Waals surface area (Å²) in [5, 5.41) is 2.82. The molecule has 1 N–H and O–H groups in total. The highest BCUT2D eigenvalue weighted by Gasteiger charge is 2.33. The highest BCUT2D eigenvalue weighted by molar-refractivity contribution is 8.26. The van der Waals surface area contributed by atoms with E-state index in [1.807, 2.05) is 37.3 Å². The highest BCUT2D eigenvalue weighted by atomic mass is 32.2. The number of carbonyl (C=O) groups is 2.